The van der Waals surface area contributed by atoms with Gasteiger partial charge in [0, 0.05) is 24.9 Å². The predicted molar refractivity (Wildman–Crippen MR) is 165 cm³/mol. The minimum atomic E-state index is -4.00. The van der Waals surface area contributed by atoms with Gasteiger partial charge < -0.3 is 24.6 Å². The first-order valence-electron chi connectivity index (χ1n) is 16.0. The van der Waals surface area contributed by atoms with Crippen LogP contribution in [-0.4, -0.2) is 74.3 Å². The molecular weight excluding hydrogens is 594 g/mol. The van der Waals surface area contributed by atoms with Gasteiger partial charge in [0.2, 0.25) is 10.0 Å². The van der Waals surface area contributed by atoms with Crippen LogP contribution in [0.1, 0.15) is 51.2 Å². The Morgan fingerprint density at radius 1 is 1.13 bits per heavy atom. The molecule has 2 aliphatic carbocycles. The molecule has 3 bridgehead atoms. The van der Waals surface area contributed by atoms with Gasteiger partial charge in [0.25, 0.3) is 0 Å². The average Bonchev–Trinajstić information content (AvgIpc) is 3.75. The summed E-state index contributed by atoms with van der Waals surface area (Å²) >= 11 is 0. The largest absolute Gasteiger partial charge is 0.443 e. The molecule has 5 unspecified atom stereocenters. The van der Waals surface area contributed by atoms with Gasteiger partial charge in [-0.1, -0.05) is 63.2 Å². The molecule has 0 radical (unpaired) electrons. The van der Waals surface area contributed by atoms with Gasteiger partial charge in [-0.15, -0.1) is 0 Å². The zero-order valence-electron chi connectivity index (χ0n) is 26.0. The topological polar surface area (TPSA) is 138 Å². The molecule has 45 heavy (non-hydrogen) atoms. The summed E-state index contributed by atoms with van der Waals surface area (Å²) in [5.74, 6) is 0.600. The molecule has 8 atom stereocenters. The Balaban J connectivity index is 1.19. The van der Waals surface area contributed by atoms with Crippen LogP contribution in [0.3, 0.4) is 0 Å². The van der Waals surface area contributed by atoms with E-state index in [1.807, 2.05) is 44.2 Å². The number of nitriles is 1. The van der Waals surface area contributed by atoms with Crippen molar-refractivity contribution < 1.29 is 32.5 Å². The molecule has 1 amide bonds. The Bertz CT molecular complexity index is 1500. The number of hydrogen-bond acceptors (Lipinski definition) is 8. The van der Waals surface area contributed by atoms with Crippen LogP contribution in [0, 0.1) is 35.0 Å². The molecule has 242 valence electrons. The molecule has 2 N–H and O–H groups in total. The smallest absolute Gasteiger partial charge is 0.407 e. The number of rotatable bonds is 12. The van der Waals surface area contributed by atoms with E-state index in [2.05, 4.69) is 18.3 Å². The van der Waals surface area contributed by atoms with E-state index >= 15 is 0 Å². The summed E-state index contributed by atoms with van der Waals surface area (Å²) < 4.78 is 47.0. The molecule has 4 fully saturated rings. The number of hydrogen-bond donors (Lipinski definition) is 2. The summed E-state index contributed by atoms with van der Waals surface area (Å²) in [6.07, 6.45) is -0.281. The lowest BCUT2D eigenvalue weighted by Gasteiger charge is -2.42. The van der Waals surface area contributed by atoms with Crippen molar-refractivity contribution in [2.45, 2.75) is 87.4 Å². The van der Waals surface area contributed by atoms with Gasteiger partial charge in [0.05, 0.1) is 41.2 Å². The fourth-order valence-corrected chi connectivity index (χ4v) is 8.83. The van der Waals surface area contributed by atoms with Crippen LogP contribution >= 0.6 is 0 Å². The second-order valence-electron chi connectivity index (χ2n) is 13.6. The quantitative estimate of drug-likeness (QED) is 0.357. The third-order valence-corrected chi connectivity index (χ3v) is 11.9. The number of nitrogens with one attached hydrogen (secondary N) is 1. The van der Waals surface area contributed by atoms with Crippen molar-refractivity contribution in [3.05, 3.63) is 65.7 Å². The van der Waals surface area contributed by atoms with Crippen molar-refractivity contribution in [2.24, 2.45) is 23.7 Å². The molecule has 11 heteroatoms. The first-order valence-corrected chi connectivity index (χ1v) is 17.4. The summed E-state index contributed by atoms with van der Waals surface area (Å²) in [5.41, 5.74) is 1.17. The molecule has 6 rings (SSSR count). The lowest BCUT2D eigenvalue weighted by atomic mass is 9.70. The number of aliphatic hydroxyl groups is 1. The first kappa shape index (κ1) is 32.0. The monoisotopic (exact) mass is 637 g/mol. The number of carbonyl (C=O) groups is 1. The summed E-state index contributed by atoms with van der Waals surface area (Å²) in [5, 5.41) is 24.0. The lowest BCUT2D eigenvalue weighted by molar-refractivity contribution is -0.167. The summed E-state index contributed by atoms with van der Waals surface area (Å²) in [4.78, 5) is 13.5. The Kier molecular flexibility index (Phi) is 8.98. The Labute approximate surface area is 265 Å². The summed E-state index contributed by atoms with van der Waals surface area (Å²) in [6, 6.07) is 17.4. The number of fused-ring (bicyclic) bond motifs is 2. The van der Waals surface area contributed by atoms with Crippen LogP contribution in [0.5, 0.6) is 0 Å². The van der Waals surface area contributed by atoms with Gasteiger partial charge in [0.15, 0.2) is 6.29 Å². The molecular formula is C34H43N3O7S. The van der Waals surface area contributed by atoms with Crippen molar-refractivity contribution >= 4 is 16.1 Å². The van der Waals surface area contributed by atoms with Gasteiger partial charge >= 0.3 is 6.09 Å². The van der Waals surface area contributed by atoms with Crippen molar-refractivity contribution in [3.63, 3.8) is 0 Å². The van der Waals surface area contributed by atoms with Gasteiger partial charge in [-0.05, 0) is 60.8 Å². The predicted octanol–water partition coefficient (Wildman–Crippen LogP) is 3.98. The Morgan fingerprint density at radius 2 is 1.84 bits per heavy atom. The van der Waals surface area contributed by atoms with Crippen LogP contribution in [0.25, 0.3) is 0 Å². The standard InChI is InChI=1S/C34H43N3O7S/c1-21(2)17-37(45(40,41)25-11-9-24(10-12-25)34(20-35)13-14-34)18-29(38)28(15-23-7-5-4-6-8-23)36-33(39)44-31-27-19-42-32-26(22(27)3)16-30(31)43-32/h4-12,21-22,26-32,38H,13-19H2,1-3H3,(H,36,39)/t22-,26?,27?,28+,29-,30?,31?,32?/m1/s1. The number of sulfonamides is 1. The number of amides is 1. The van der Waals surface area contributed by atoms with Crippen LogP contribution in [0.15, 0.2) is 59.5 Å². The zero-order chi connectivity index (χ0) is 31.9. The highest BCUT2D eigenvalue weighted by molar-refractivity contribution is 7.89. The van der Waals surface area contributed by atoms with Crippen LogP contribution in [-0.2, 0) is 36.1 Å². The maximum Gasteiger partial charge on any atom is 0.407 e. The Morgan fingerprint density at radius 3 is 2.49 bits per heavy atom. The minimum absolute atomic E-state index is 0.0222. The van der Waals surface area contributed by atoms with Gasteiger partial charge in [-0.3, -0.25) is 0 Å². The first-order chi connectivity index (χ1) is 21.5. The highest BCUT2D eigenvalue weighted by atomic mass is 32.2. The number of aliphatic hydroxyl groups excluding tert-OH is 1. The number of benzene rings is 2. The number of nitrogens with zero attached hydrogens (tertiary/aromatic N) is 2. The zero-order valence-corrected chi connectivity index (χ0v) is 26.9. The highest BCUT2D eigenvalue weighted by Crippen LogP contribution is 2.50. The van der Waals surface area contributed by atoms with Crippen LogP contribution < -0.4 is 5.32 Å². The molecule has 2 aromatic rings. The molecule has 2 saturated carbocycles. The number of alkyl carbamates (subject to hydrolysis) is 1. The van der Waals surface area contributed by atoms with E-state index in [9.17, 15) is 23.6 Å². The maximum absolute atomic E-state index is 13.9. The van der Waals surface area contributed by atoms with E-state index in [1.165, 1.54) is 16.4 Å². The molecule has 2 aliphatic heterocycles. The SMILES string of the molecule is CC(C)CN(C[C@@H](O)[C@H](Cc1ccccc1)NC(=O)OC1C2CC3C(OCC1[C@@H]3C)O2)S(=O)(=O)c1ccc(C2(C#N)CC2)cc1. The van der Waals surface area contributed by atoms with Crippen LogP contribution in [0.2, 0.25) is 0 Å². The number of carbonyl (C=O) groups excluding carboxylic acids is 1. The van der Waals surface area contributed by atoms with Crippen LogP contribution in [0.4, 0.5) is 4.79 Å². The Hall–Kier alpha value is -3.01. The van der Waals surface area contributed by atoms with Crippen molar-refractivity contribution in [2.75, 3.05) is 19.7 Å². The molecule has 2 heterocycles. The van der Waals surface area contributed by atoms with Crippen molar-refractivity contribution in [1.29, 1.82) is 5.26 Å². The van der Waals surface area contributed by atoms with E-state index < -0.39 is 39.8 Å². The normalized spacial score (nSPS) is 29.3. The average molecular weight is 638 g/mol. The van der Waals surface area contributed by atoms with E-state index in [0.717, 1.165) is 30.4 Å². The molecule has 0 aromatic heterocycles. The maximum atomic E-state index is 13.9. The highest BCUT2D eigenvalue weighted by Gasteiger charge is 2.57. The number of ether oxygens (including phenoxy) is 3. The van der Waals surface area contributed by atoms with E-state index in [-0.39, 0.29) is 48.6 Å². The van der Waals surface area contributed by atoms with E-state index in [1.54, 1.807) is 12.1 Å². The summed E-state index contributed by atoms with van der Waals surface area (Å²) in [7, 11) is -4.00. The molecule has 2 aromatic carbocycles. The molecule has 2 saturated heterocycles. The van der Waals surface area contributed by atoms with Crippen molar-refractivity contribution in [3.8, 4) is 6.07 Å². The molecule has 4 aliphatic rings. The second kappa shape index (κ2) is 12.6. The summed E-state index contributed by atoms with van der Waals surface area (Å²) in [6.45, 7) is 6.39. The fourth-order valence-electron chi connectivity index (χ4n) is 7.21. The lowest BCUT2D eigenvalue weighted by Crippen LogP contribution is -2.54. The third-order valence-electron chi connectivity index (χ3n) is 10.0. The minimum Gasteiger partial charge on any atom is -0.443 e. The third kappa shape index (κ3) is 6.49. The fraction of sp³-hybridized carbons (Fsp3) is 0.588. The molecule has 0 spiro atoms. The van der Waals surface area contributed by atoms with Crippen molar-refractivity contribution in [1.82, 2.24) is 9.62 Å². The van der Waals surface area contributed by atoms with E-state index in [0.29, 0.717) is 18.4 Å². The van der Waals surface area contributed by atoms with Gasteiger partial charge in [0.1, 0.15) is 6.10 Å². The molecule has 10 nitrogen and oxygen atoms in total. The van der Waals surface area contributed by atoms with Gasteiger partial charge in [-0.2, -0.15) is 9.57 Å². The van der Waals surface area contributed by atoms with Gasteiger partial charge in [-0.25, -0.2) is 13.2 Å². The van der Waals surface area contributed by atoms with E-state index in [4.69, 9.17) is 14.2 Å². The second-order valence-corrected chi connectivity index (χ2v) is 15.5.